The number of rotatable bonds is 5. The summed E-state index contributed by atoms with van der Waals surface area (Å²) in [5, 5.41) is 2.34. The lowest BCUT2D eigenvalue weighted by Gasteiger charge is -2.23. The van der Waals surface area contributed by atoms with Gasteiger partial charge in [0.15, 0.2) is 0 Å². The zero-order chi connectivity index (χ0) is 10.5. The van der Waals surface area contributed by atoms with Crippen LogP contribution in [0, 0.1) is 0 Å². The van der Waals surface area contributed by atoms with E-state index in [9.17, 15) is 9.59 Å². The number of hydrogen-bond donors (Lipinski definition) is 4. The van der Waals surface area contributed by atoms with Crippen LogP contribution >= 0.6 is 0 Å². The van der Waals surface area contributed by atoms with Gasteiger partial charge in [0, 0.05) is 6.54 Å². The topological polar surface area (TPSA) is 124 Å². The van der Waals surface area contributed by atoms with Crippen LogP contribution in [0.4, 0.5) is 4.79 Å². The smallest absolute Gasteiger partial charge is 0.312 e. The highest BCUT2D eigenvalue weighted by Crippen LogP contribution is 2.09. The molecule has 6 nitrogen and oxygen atoms in total. The number of amides is 3. The average molecular weight is 188 g/mol. The summed E-state index contributed by atoms with van der Waals surface area (Å²) in [6.07, 6.45) is 0.727. The SMILES string of the molecule is CCC(N)(CCNC(N)=O)C(N)=O. The third-order valence-corrected chi connectivity index (χ3v) is 1.99. The molecule has 0 saturated heterocycles. The Kier molecular flexibility index (Phi) is 4.19. The fourth-order valence-electron chi connectivity index (χ4n) is 0.883. The molecule has 0 aliphatic heterocycles. The second-order valence-electron chi connectivity index (χ2n) is 2.91. The summed E-state index contributed by atoms with van der Waals surface area (Å²) in [4.78, 5) is 21.2. The van der Waals surface area contributed by atoms with E-state index in [1.807, 2.05) is 0 Å². The highest BCUT2D eigenvalue weighted by Gasteiger charge is 2.28. The van der Waals surface area contributed by atoms with Crippen molar-refractivity contribution >= 4 is 11.9 Å². The van der Waals surface area contributed by atoms with E-state index in [0.29, 0.717) is 12.8 Å². The predicted molar refractivity (Wildman–Crippen MR) is 48.6 cm³/mol. The molecule has 0 aromatic rings. The molecule has 0 fully saturated rings. The Morgan fingerprint density at radius 1 is 1.38 bits per heavy atom. The van der Waals surface area contributed by atoms with E-state index in [1.165, 1.54) is 0 Å². The minimum atomic E-state index is -1.05. The summed E-state index contributed by atoms with van der Waals surface area (Å²) in [6.45, 7) is 2.01. The Morgan fingerprint density at radius 2 is 1.92 bits per heavy atom. The van der Waals surface area contributed by atoms with Gasteiger partial charge in [0.2, 0.25) is 5.91 Å². The molecule has 0 aromatic carbocycles. The third-order valence-electron chi connectivity index (χ3n) is 1.99. The van der Waals surface area contributed by atoms with E-state index in [0.717, 1.165) is 0 Å². The number of carbonyl (C=O) groups is 2. The molecule has 7 N–H and O–H groups in total. The highest BCUT2D eigenvalue weighted by molar-refractivity contribution is 5.84. The first-order chi connectivity index (χ1) is 5.92. The predicted octanol–water partition coefficient (Wildman–Crippen LogP) is -1.36. The van der Waals surface area contributed by atoms with Gasteiger partial charge in [-0.2, -0.15) is 0 Å². The van der Waals surface area contributed by atoms with E-state index in [2.05, 4.69) is 5.32 Å². The average Bonchev–Trinajstić information content (AvgIpc) is 2.03. The number of carbonyl (C=O) groups excluding carboxylic acids is 2. The summed E-state index contributed by atoms with van der Waals surface area (Å²) in [5.41, 5.74) is 14.5. The lowest BCUT2D eigenvalue weighted by Crippen LogP contribution is -2.53. The fourth-order valence-corrected chi connectivity index (χ4v) is 0.883. The zero-order valence-corrected chi connectivity index (χ0v) is 7.67. The second-order valence-corrected chi connectivity index (χ2v) is 2.91. The van der Waals surface area contributed by atoms with Crippen molar-refractivity contribution in [3.05, 3.63) is 0 Å². The quantitative estimate of drug-likeness (QED) is 0.425. The normalized spacial score (nSPS) is 14.6. The van der Waals surface area contributed by atoms with Gasteiger partial charge < -0.3 is 22.5 Å². The Labute approximate surface area is 76.8 Å². The minimum absolute atomic E-state index is 0.253. The molecule has 1 atom stereocenters. The van der Waals surface area contributed by atoms with Crippen molar-refractivity contribution in [2.75, 3.05) is 6.54 Å². The maximum atomic E-state index is 10.9. The Balaban J connectivity index is 3.98. The van der Waals surface area contributed by atoms with Gasteiger partial charge >= 0.3 is 6.03 Å². The van der Waals surface area contributed by atoms with Gasteiger partial charge in [-0.3, -0.25) is 4.79 Å². The molecule has 0 aromatic heterocycles. The number of primary amides is 2. The van der Waals surface area contributed by atoms with Crippen LogP contribution in [0.1, 0.15) is 19.8 Å². The van der Waals surface area contributed by atoms with Crippen molar-refractivity contribution in [2.45, 2.75) is 25.3 Å². The lowest BCUT2D eigenvalue weighted by atomic mass is 9.92. The van der Waals surface area contributed by atoms with Crippen molar-refractivity contribution in [3.63, 3.8) is 0 Å². The Hall–Kier alpha value is -1.30. The van der Waals surface area contributed by atoms with Gasteiger partial charge in [0.1, 0.15) is 0 Å². The maximum Gasteiger partial charge on any atom is 0.312 e. The van der Waals surface area contributed by atoms with Crippen LogP contribution in [0.25, 0.3) is 0 Å². The van der Waals surface area contributed by atoms with Crippen molar-refractivity contribution in [3.8, 4) is 0 Å². The molecule has 3 amide bonds. The molecular formula is C7H16N4O2. The molecule has 0 saturated carbocycles. The zero-order valence-electron chi connectivity index (χ0n) is 7.67. The van der Waals surface area contributed by atoms with E-state index >= 15 is 0 Å². The van der Waals surface area contributed by atoms with Gasteiger partial charge in [-0.25, -0.2) is 4.79 Å². The van der Waals surface area contributed by atoms with E-state index < -0.39 is 17.5 Å². The molecule has 6 heteroatoms. The van der Waals surface area contributed by atoms with Gasteiger partial charge in [-0.1, -0.05) is 6.92 Å². The molecular weight excluding hydrogens is 172 g/mol. The molecule has 13 heavy (non-hydrogen) atoms. The molecule has 0 radical (unpaired) electrons. The molecule has 0 spiro atoms. The first kappa shape index (κ1) is 11.7. The molecule has 0 aliphatic carbocycles. The Bertz CT molecular complexity index is 207. The fraction of sp³-hybridized carbons (Fsp3) is 0.714. The van der Waals surface area contributed by atoms with Crippen LogP contribution in [0.3, 0.4) is 0 Å². The summed E-state index contributed by atoms with van der Waals surface area (Å²) >= 11 is 0. The molecule has 1 unspecified atom stereocenters. The standard InChI is InChI=1S/C7H16N4O2/c1-2-7(10,5(8)12)3-4-11-6(9)13/h2-4,10H2,1H3,(H2,8,12)(H3,9,11,13). The maximum absolute atomic E-state index is 10.9. The Morgan fingerprint density at radius 3 is 2.23 bits per heavy atom. The molecule has 76 valence electrons. The minimum Gasteiger partial charge on any atom is -0.368 e. The summed E-state index contributed by atoms with van der Waals surface area (Å²) in [6, 6.07) is -0.636. The van der Waals surface area contributed by atoms with Crippen molar-refractivity contribution < 1.29 is 9.59 Å². The van der Waals surface area contributed by atoms with E-state index in [4.69, 9.17) is 17.2 Å². The summed E-state index contributed by atoms with van der Waals surface area (Å²) in [5.74, 6) is -0.568. The highest BCUT2D eigenvalue weighted by atomic mass is 16.2. The molecule has 0 bridgehead atoms. The van der Waals surface area contributed by atoms with E-state index in [-0.39, 0.29) is 6.54 Å². The molecule has 0 aliphatic rings. The van der Waals surface area contributed by atoms with Crippen LogP contribution < -0.4 is 22.5 Å². The summed E-state index contributed by atoms with van der Waals surface area (Å²) < 4.78 is 0. The largest absolute Gasteiger partial charge is 0.368 e. The van der Waals surface area contributed by atoms with Crippen LogP contribution in [0.5, 0.6) is 0 Å². The van der Waals surface area contributed by atoms with Gasteiger partial charge in [0.25, 0.3) is 0 Å². The second kappa shape index (κ2) is 4.66. The van der Waals surface area contributed by atoms with Crippen molar-refractivity contribution in [2.24, 2.45) is 17.2 Å². The number of hydrogen-bond acceptors (Lipinski definition) is 3. The van der Waals surface area contributed by atoms with Crippen LogP contribution in [0.15, 0.2) is 0 Å². The summed E-state index contributed by atoms with van der Waals surface area (Å²) in [7, 11) is 0. The first-order valence-electron chi connectivity index (χ1n) is 4.04. The van der Waals surface area contributed by atoms with Crippen molar-refractivity contribution in [1.29, 1.82) is 0 Å². The van der Waals surface area contributed by atoms with Crippen LogP contribution in [-0.4, -0.2) is 24.0 Å². The monoisotopic (exact) mass is 188 g/mol. The van der Waals surface area contributed by atoms with Gasteiger partial charge in [-0.15, -0.1) is 0 Å². The van der Waals surface area contributed by atoms with Gasteiger partial charge in [-0.05, 0) is 12.8 Å². The molecule has 0 rings (SSSR count). The van der Waals surface area contributed by atoms with Crippen LogP contribution in [-0.2, 0) is 4.79 Å². The number of nitrogens with one attached hydrogen (secondary N) is 1. The first-order valence-corrected chi connectivity index (χ1v) is 4.04. The van der Waals surface area contributed by atoms with Gasteiger partial charge in [0.05, 0.1) is 5.54 Å². The lowest BCUT2D eigenvalue weighted by molar-refractivity contribution is -0.123. The third kappa shape index (κ3) is 3.75. The van der Waals surface area contributed by atoms with E-state index in [1.54, 1.807) is 6.92 Å². The number of nitrogens with two attached hydrogens (primary N) is 3. The molecule has 0 heterocycles. The van der Waals surface area contributed by atoms with Crippen LogP contribution in [0.2, 0.25) is 0 Å². The van der Waals surface area contributed by atoms with Crippen molar-refractivity contribution in [1.82, 2.24) is 5.32 Å². The number of urea groups is 1.